The van der Waals surface area contributed by atoms with Crippen molar-refractivity contribution in [2.24, 2.45) is 5.41 Å². The normalized spacial score (nSPS) is 21.1. The van der Waals surface area contributed by atoms with Crippen LogP contribution in [0.4, 0.5) is 0 Å². The molecule has 1 fully saturated rings. The fourth-order valence-corrected chi connectivity index (χ4v) is 3.83. The lowest BCUT2D eigenvalue weighted by Gasteiger charge is -2.29. The number of likely N-dealkylation sites (N-methyl/N-ethyl adjacent to an activating group) is 1. The van der Waals surface area contributed by atoms with E-state index in [1.54, 1.807) is 7.05 Å². The zero-order valence-corrected chi connectivity index (χ0v) is 17.8. The van der Waals surface area contributed by atoms with Crippen molar-refractivity contribution in [3.05, 3.63) is 17.2 Å². The minimum absolute atomic E-state index is 0.100. The van der Waals surface area contributed by atoms with Gasteiger partial charge in [-0.25, -0.2) is 10.4 Å². The van der Waals surface area contributed by atoms with Gasteiger partial charge in [-0.05, 0) is 25.4 Å². The van der Waals surface area contributed by atoms with Gasteiger partial charge in [-0.2, -0.15) is 0 Å². The summed E-state index contributed by atoms with van der Waals surface area (Å²) in [6, 6.07) is -0.985. The maximum absolute atomic E-state index is 13.2. The van der Waals surface area contributed by atoms with E-state index in [1.165, 1.54) is 0 Å². The molecule has 0 aliphatic carbocycles. The Morgan fingerprint density at radius 1 is 1.28 bits per heavy atom. The third-order valence-electron chi connectivity index (χ3n) is 5.40. The summed E-state index contributed by atoms with van der Waals surface area (Å²) in [6.45, 7) is 7.91. The predicted octanol–water partition coefficient (Wildman–Crippen LogP) is -0.325. The first kappa shape index (κ1) is 21.3. The molecular weight excluding hydrogens is 374 g/mol. The van der Waals surface area contributed by atoms with Gasteiger partial charge in [0, 0.05) is 20.1 Å². The molecule has 0 aromatic carbocycles. The van der Waals surface area contributed by atoms with Gasteiger partial charge in [0.15, 0.2) is 5.69 Å². The Bertz CT molecular complexity index is 811. The highest BCUT2D eigenvalue weighted by Crippen LogP contribution is 2.26. The van der Waals surface area contributed by atoms with Gasteiger partial charge in [0.05, 0.1) is 18.2 Å². The molecule has 10 heteroatoms. The summed E-state index contributed by atoms with van der Waals surface area (Å²) in [6.07, 6.45) is 1.20. The summed E-state index contributed by atoms with van der Waals surface area (Å²) in [4.78, 5) is 44.0. The first-order valence-corrected chi connectivity index (χ1v) is 9.96. The van der Waals surface area contributed by atoms with Crippen LogP contribution in [0.5, 0.6) is 0 Å². The molecule has 3 amide bonds. The molecule has 160 valence electrons. The maximum atomic E-state index is 13.2. The standard InChI is InChI=1S/C19H31N7O3/c1-19(2,3)15(18(29)20-4)22-17(28)14-12-10-25(5)7-6-8-26(12)16(21-14)11-9-13(27)24-23-11/h11,15,23H,6-10H2,1-5H3,(H,20,29)(H,22,28)(H,24,27)/t11?,15-/m1/s1. The van der Waals surface area contributed by atoms with Crippen molar-refractivity contribution in [2.45, 2.75) is 58.8 Å². The van der Waals surface area contributed by atoms with Gasteiger partial charge in [0.25, 0.3) is 5.91 Å². The summed E-state index contributed by atoms with van der Waals surface area (Å²) in [7, 11) is 3.56. The topological polar surface area (TPSA) is 120 Å². The quantitative estimate of drug-likeness (QED) is 0.545. The van der Waals surface area contributed by atoms with Gasteiger partial charge in [0.1, 0.15) is 11.9 Å². The fraction of sp³-hybridized carbons (Fsp3) is 0.684. The van der Waals surface area contributed by atoms with Gasteiger partial charge in [-0.1, -0.05) is 20.8 Å². The second-order valence-electron chi connectivity index (χ2n) is 8.84. The number of nitrogens with one attached hydrogen (secondary N) is 4. The molecule has 1 saturated heterocycles. The van der Waals surface area contributed by atoms with Crippen LogP contribution >= 0.6 is 0 Å². The Morgan fingerprint density at radius 3 is 2.59 bits per heavy atom. The molecule has 3 heterocycles. The lowest BCUT2D eigenvalue weighted by molar-refractivity contribution is -0.124. The summed E-state index contributed by atoms with van der Waals surface area (Å²) < 4.78 is 2.04. The number of amides is 3. The van der Waals surface area contributed by atoms with Crippen molar-refractivity contribution < 1.29 is 14.4 Å². The molecule has 1 unspecified atom stereocenters. The van der Waals surface area contributed by atoms with Gasteiger partial charge < -0.3 is 20.1 Å². The lowest BCUT2D eigenvalue weighted by atomic mass is 9.86. The summed E-state index contributed by atoms with van der Waals surface area (Å²) in [5, 5.41) is 5.49. The number of nitrogens with zero attached hydrogens (tertiary/aromatic N) is 3. The Hall–Kier alpha value is -2.46. The Labute approximate surface area is 170 Å². The van der Waals surface area contributed by atoms with E-state index >= 15 is 0 Å². The van der Waals surface area contributed by atoms with Gasteiger partial charge in [-0.15, -0.1) is 0 Å². The summed E-state index contributed by atoms with van der Waals surface area (Å²) >= 11 is 0. The smallest absolute Gasteiger partial charge is 0.272 e. The average molecular weight is 406 g/mol. The number of carbonyl (C=O) groups excluding carboxylic acids is 3. The number of imidazole rings is 1. The highest BCUT2D eigenvalue weighted by Gasteiger charge is 2.36. The van der Waals surface area contributed by atoms with Crippen LogP contribution in [0.25, 0.3) is 0 Å². The molecule has 29 heavy (non-hydrogen) atoms. The largest absolute Gasteiger partial charge is 0.357 e. The summed E-state index contributed by atoms with van der Waals surface area (Å²) in [5.41, 5.74) is 6.22. The number of rotatable bonds is 4. The van der Waals surface area contributed by atoms with Crippen molar-refractivity contribution in [2.75, 3.05) is 20.6 Å². The van der Waals surface area contributed by atoms with Gasteiger partial charge >= 0.3 is 0 Å². The molecule has 2 aliphatic heterocycles. The number of fused-ring (bicyclic) bond motifs is 1. The lowest BCUT2D eigenvalue weighted by Crippen LogP contribution is -2.53. The number of aromatic nitrogens is 2. The Morgan fingerprint density at radius 2 is 2.00 bits per heavy atom. The number of hydrogen-bond donors (Lipinski definition) is 4. The fourth-order valence-electron chi connectivity index (χ4n) is 3.83. The SMILES string of the molecule is CNC(=O)[C@@H](NC(=O)c1nc(C2CC(=O)NN2)n2c1CN(C)CCC2)C(C)(C)C. The second kappa shape index (κ2) is 8.11. The van der Waals surface area contributed by atoms with E-state index in [0.717, 1.165) is 25.2 Å². The molecule has 0 saturated carbocycles. The molecular formula is C19H31N7O3. The van der Waals surface area contributed by atoms with E-state index < -0.39 is 11.5 Å². The molecule has 10 nitrogen and oxygen atoms in total. The highest BCUT2D eigenvalue weighted by atomic mass is 16.2. The molecule has 1 aromatic rings. The number of hydrogen-bond acceptors (Lipinski definition) is 6. The molecule has 4 N–H and O–H groups in total. The van der Waals surface area contributed by atoms with Crippen LogP contribution in [-0.4, -0.2) is 58.9 Å². The monoisotopic (exact) mass is 405 g/mol. The third kappa shape index (κ3) is 4.43. The zero-order chi connectivity index (χ0) is 21.3. The molecule has 0 bridgehead atoms. The Kier molecular flexibility index (Phi) is 5.95. The Balaban J connectivity index is 1.97. The molecule has 2 atom stereocenters. The van der Waals surface area contributed by atoms with Crippen molar-refractivity contribution in [1.29, 1.82) is 0 Å². The summed E-state index contributed by atoms with van der Waals surface area (Å²) in [5.74, 6) is -0.0561. The van der Waals surface area contributed by atoms with E-state index in [4.69, 9.17) is 0 Å². The molecule has 0 spiro atoms. The van der Waals surface area contributed by atoms with Crippen molar-refractivity contribution >= 4 is 17.7 Å². The van der Waals surface area contributed by atoms with Crippen molar-refractivity contribution in [3.63, 3.8) is 0 Å². The van der Waals surface area contributed by atoms with Crippen LogP contribution in [0.2, 0.25) is 0 Å². The van der Waals surface area contributed by atoms with E-state index in [2.05, 4.69) is 31.4 Å². The van der Waals surface area contributed by atoms with E-state index in [-0.39, 0.29) is 30.2 Å². The van der Waals surface area contributed by atoms with Gasteiger partial charge in [0.2, 0.25) is 11.8 Å². The molecule has 1 aromatic heterocycles. The van der Waals surface area contributed by atoms with Crippen LogP contribution in [-0.2, 0) is 22.7 Å². The van der Waals surface area contributed by atoms with Crippen LogP contribution in [0.1, 0.15) is 61.7 Å². The van der Waals surface area contributed by atoms with Gasteiger partial charge in [-0.3, -0.25) is 19.8 Å². The predicted molar refractivity (Wildman–Crippen MR) is 107 cm³/mol. The first-order chi connectivity index (χ1) is 13.6. The number of hydrazine groups is 1. The minimum atomic E-state index is -0.697. The van der Waals surface area contributed by atoms with E-state index in [0.29, 0.717) is 18.1 Å². The molecule has 0 radical (unpaired) electrons. The number of carbonyl (C=O) groups is 3. The van der Waals surface area contributed by atoms with Crippen molar-refractivity contribution in [1.82, 2.24) is 35.9 Å². The van der Waals surface area contributed by atoms with Crippen LogP contribution in [0.15, 0.2) is 0 Å². The molecule has 2 aliphatic rings. The van der Waals surface area contributed by atoms with Crippen molar-refractivity contribution in [3.8, 4) is 0 Å². The molecule has 3 rings (SSSR count). The second-order valence-corrected chi connectivity index (χ2v) is 8.84. The van der Waals surface area contributed by atoms with Crippen LogP contribution in [0, 0.1) is 5.41 Å². The minimum Gasteiger partial charge on any atom is -0.357 e. The average Bonchev–Trinajstić information content (AvgIpc) is 3.16. The maximum Gasteiger partial charge on any atom is 0.272 e. The first-order valence-electron chi connectivity index (χ1n) is 9.96. The van der Waals surface area contributed by atoms with Crippen LogP contribution in [0.3, 0.4) is 0 Å². The van der Waals surface area contributed by atoms with Crippen LogP contribution < -0.4 is 21.5 Å². The highest BCUT2D eigenvalue weighted by molar-refractivity contribution is 5.97. The third-order valence-corrected chi connectivity index (χ3v) is 5.40. The van der Waals surface area contributed by atoms with E-state index in [1.807, 2.05) is 32.4 Å². The zero-order valence-electron chi connectivity index (χ0n) is 17.8. The van der Waals surface area contributed by atoms with E-state index in [9.17, 15) is 14.4 Å².